The lowest BCUT2D eigenvalue weighted by atomic mass is 9.68. The maximum absolute atomic E-state index is 12.6. The first kappa shape index (κ1) is 14.6. The zero-order valence-electron chi connectivity index (χ0n) is 13.1. The lowest BCUT2D eigenvalue weighted by Gasteiger charge is -2.36. The van der Waals surface area contributed by atoms with Crippen LogP contribution in [0.1, 0.15) is 89.9 Å². The van der Waals surface area contributed by atoms with Gasteiger partial charge < -0.3 is 0 Å². The quantitative estimate of drug-likeness (QED) is 0.663. The summed E-state index contributed by atoms with van der Waals surface area (Å²) >= 11 is 0. The molecule has 0 radical (unpaired) electrons. The van der Waals surface area contributed by atoms with Gasteiger partial charge in [0, 0.05) is 11.8 Å². The minimum absolute atomic E-state index is 0.443. The van der Waals surface area contributed by atoms with Crippen LogP contribution in [0.5, 0.6) is 0 Å². The van der Waals surface area contributed by atoms with Crippen molar-refractivity contribution in [1.29, 1.82) is 0 Å². The Hall–Kier alpha value is -0.330. The van der Waals surface area contributed by atoms with Crippen molar-refractivity contribution < 1.29 is 4.79 Å². The molecule has 1 heteroatoms. The molecule has 0 N–H and O–H groups in total. The lowest BCUT2D eigenvalue weighted by molar-refractivity contribution is -0.129. The van der Waals surface area contributed by atoms with Gasteiger partial charge in [0.15, 0.2) is 0 Å². The van der Waals surface area contributed by atoms with E-state index in [1.54, 1.807) is 0 Å². The fraction of sp³-hybridized carbons (Fsp3) is 0.947. The van der Waals surface area contributed by atoms with Crippen LogP contribution in [0.15, 0.2) is 0 Å². The van der Waals surface area contributed by atoms with Crippen LogP contribution in [0.25, 0.3) is 0 Å². The molecule has 3 saturated carbocycles. The third kappa shape index (κ3) is 3.46. The summed E-state index contributed by atoms with van der Waals surface area (Å²) in [5.41, 5.74) is 0. The molecule has 0 aliphatic heterocycles. The lowest BCUT2D eigenvalue weighted by Crippen LogP contribution is -2.31. The molecule has 0 aromatic rings. The highest BCUT2D eigenvalue weighted by molar-refractivity contribution is 5.83. The second-order valence-electron chi connectivity index (χ2n) is 7.75. The van der Waals surface area contributed by atoms with Gasteiger partial charge >= 0.3 is 0 Å². The Morgan fingerprint density at radius 3 is 1.55 bits per heavy atom. The Balaban J connectivity index is 1.46. The van der Waals surface area contributed by atoms with E-state index in [1.807, 2.05) is 0 Å². The van der Waals surface area contributed by atoms with Crippen LogP contribution < -0.4 is 0 Å². The molecule has 20 heavy (non-hydrogen) atoms. The van der Waals surface area contributed by atoms with Gasteiger partial charge in [-0.2, -0.15) is 0 Å². The van der Waals surface area contributed by atoms with Crippen molar-refractivity contribution in [3.63, 3.8) is 0 Å². The van der Waals surface area contributed by atoms with Gasteiger partial charge in [-0.3, -0.25) is 4.79 Å². The smallest absolute Gasteiger partial charge is 0.139 e. The highest BCUT2D eigenvalue weighted by Gasteiger charge is 2.34. The van der Waals surface area contributed by atoms with Gasteiger partial charge in [0.2, 0.25) is 0 Å². The number of carbonyl (C=O) groups is 1. The highest BCUT2D eigenvalue weighted by Crippen LogP contribution is 2.41. The van der Waals surface area contributed by atoms with E-state index in [9.17, 15) is 4.79 Å². The summed E-state index contributed by atoms with van der Waals surface area (Å²) < 4.78 is 0. The molecule has 0 aromatic heterocycles. The largest absolute Gasteiger partial charge is 0.299 e. The van der Waals surface area contributed by atoms with Crippen molar-refractivity contribution in [2.75, 3.05) is 0 Å². The molecule has 0 unspecified atom stereocenters. The topological polar surface area (TPSA) is 17.1 Å². The fourth-order valence-corrected chi connectivity index (χ4v) is 5.20. The van der Waals surface area contributed by atoms with E-state index in [4.69, 9.17) is 0 Å². The molecule has 3 fully saturated rings. The number of Topliss-reactive ketones (excluding diaryl/α,β-unsaturated/α-hetero) is 1. The molecule has 0 bridgehead atoms. The third-order valence-corrected chi connectivity index (χ3v) is 6.50. The summed E-state index contributed by atoms with van der Waals surface area (Å²) in [7, 11) is 0. The Kier molecular flexibility index (Phi) is 5.18. The number of rotatable bonds is 3. The summed E-state index contributed by atoms with van der Waals surface area (Å²) in [6, 6.07) is 0. The molecule has 3 rings (SSSR count). The van der Waals surface area contributed by atoms with Crippen LogP contribution in [0.2, 0.25) is 0 Å². The van der Waals surface area contributed by atoms with Crippen molar-refractivity contribution >= 4 is 5.78 Å². The second kappa shape index (κ2) is 7.09. The van der Waals surface area contributed by atoms with Crippen LogP contribution in [-0.2, 0) is 4.79 Å². The first-order valence-electron chi connectivity index (χ1n) is 9.38. The van der Waals surface area contributed by atoms with Gasteiger partial charge in [0.1, 0.15) is 5.78 Å². The first-order valence-corrected chi connectivity index (χ1v) is 9.38. The maximum Gasteiger partial charge on any atom is 0.139 e. The molecular formula is C19H32O. The van der Waals surface area contributed by atoms with Gasteiger partial charge in [-0.25, -0.2) is 0 Å². The van der Waals surface area contributed by atoms with E-state index in [0.717, 1.165) is 11.8 Å². The van der Waals surface area contributed by atoms with Crippen LogP contribution >= 0.6 is 0 Å². The predicted molar refractivity (Wildman–Crippen MR) is 83.6 cm³/mol. The zero-order valence-corrected chi connectivity index (χ0v) is 13.1. The normalized spacial score (nSPS) is 34.0. The van der Waals surface area contributed by atoms with Crippen LogP contribution in [0, 0.1) is 23.7 Å². The van der Waals surface area contributed by atoms with Crippen LogP contribution in [0.4, 0.5) is 0 Å². The molecule has 0 aromatic carbocycles. The first-order chi connectivity index (χ1) is 9.84. The van der Waals surface area contributed by atoms with E-state index >= 15 is 0 Å². The monoisotopic (exact) mass is 276 g/mol. The summed E-state index contributed by atoms with van der Waals surface area (Å²) in [4.78, 5) is 12.6. The van der Waals surface area contributed by atoms with E-state index in [1.165, 1.54) is 89.9 Å². The summed E-state index contributed by atoms with van der Waals surface area (Å²) in [6.45, 7) is 0. The molecule has 1 nitrogen and oxygen atoms in total. The molecule has 0 atom stereocenters. The number of hydrogen-bond acceptors (Lipinski definition) is 1. The summed E-state index contributed by atoms with van der Waals surface area (Å²) in [5.74, 6) is 3.52. The van der Waals surface area contributed by atoms with E-state index < -0.39 is 0 Å². The molecule has 3 aliphatic rings. The Morgan fingerprint density at radius 1 is 0.500 bits per heavy atom. The van der Waals surface area contributed by atoms with Crippen molar-refractivity contribution in [1.82, 2.24) is 0 Å². The average Bonchev–Trinajstić information content (AvgIpc) is 2.56. The molecule has 3 aliphatic carbocycles. The van der Waals surface area contributed by atoms with Crippen LogP contribution in [-0.4, -0.2) is 5.78 Å². The molecule has 0 saturated heterocycles. The zero-order chi connectivity index (χ0) is 13.8. The number of carbonyl (C=O) groups excluding carboxylic acids is 1. The van der Waals surface area contributed by atoms with Gasteiger partial charge in [-0.05, 0) is 50.4 Å². The highest BCUT2D eigenvalue weighted by atomic mass is 16.1. The number of ketones is 1. The van der Waals surface area contributed by atoms with E-state index in [-0.39, 0.29) is 0 Å². The SMILES string of the molecule is O=C(C1CCCCC1)C1CCC(C2CCCCC2)CC1. The fourth-order valence-electron chi connectivity index (χ4n) is 5.20. The average molecular weight is 276 g/mol. The van der Waals surface area contributed by atoms with E-state index in [2.05, 4.69) is 0 Å². The van der Waals surface area contributed by atoms with Crippen molar-refractivity contribution in [3.8, 4) is 0 Å². The Bertz CT molecular complexity index is 302. The number of hydrogen-bond donors (Lipinski definition) is 0. The van der Waals surface area contributed by atoms with Gasteiger partial charge in [0.25, 0.3) is 0 Å². The minimum Gasteiger partial charge on any atom is -0.299 e. The van der Waals surface area contributed by atoms with Gasteiger partial charge in [-0.1, -0.05) is 51.4 Å². The van der Waals surface area contributed by atoms with Gasteiger partial charge in [0.05, 0.1) is 0 Å². The molecule has 0 spiro atoms. The Morgan fingerprint density at radius 2 is 0.950 bits per heavy atom. The summed E-state index contributed by atoms with van der Waals surface area (Å²) in [5, 5.41) is 0. The molecule has 0 heterocycles. The molecule has 0 amide bonds. The predicted octanol–water partition coefficient (Wildman–Crippen LogP) is 5.52. The van der Waals surface area contributed by atoms with E-state index in [0.29, 0.717) is 17.6 Å². The molecular weight excluding hydrogens is 244 g/mol. The standard InChI is InChI=1S/C19H32O/c20-19(17-9-5-2-6-10-17)18-13-11-16(12-14-18)15-7-3-1-4-8-15/h15-18H,1-14H2. The van der Waals surface area contributed by atoms with Crippen LogP contribution in [0.3, 0.4) is 0 Å². The van der Waals surface area contributed by atoms with Gasteiger partial charge in [-0.15, -0.1) is 0 Å². The molecule has 114 valence electrons. The van der Waals surface area contributed by atoms with Crippen molar-refractivity contribution in [3.05, 3.63) is 0 Å². The third-order valence-electron chi connectivity index (χ3n) is 6.50. The second-order valence-corrected chi connectivity index (χ2v) is 7.75. The minimum atomic E-state index is 0.443. The van der Waals surface area contributed by atoms with Crippen molar-refractivity contribution in [2.45, 2.75) is 89.9 Å². The Labute approximate surface area is 124 Å². The van der Waals surface area contributed by atoms with Crippen molar-refractivity contribution in [2.24, 2.45) is 23.7 Å². The summed E-state index contributed by atoms with van der Waals surface area (Å²) in [6.07, 6.45) is 18.8. The maximum atomic E-state index is 12.6.